The summed E-state index contributed by atoms with van der Waals surface area (Å²) >= 11 is 2.94. The van der Waals surface area contributed by atoms with Crippen LogP contribution in [0.5, 0.6) is 0 Å². The number of alkyl halides is 1. The van der Waals surface area contributed by atoms with Crippen molar-refractivity contribution in [3.05, 3.63) is 0 Å². The largest absolute Gasteiger partial charge is 1.00 e. The van der Waals surface area contributed by atoms with E-state index in [0.717, 1.165) is 0 Å². The summed E-state index contributed by atoms with van der Waals surface area (Å²) in [7, 11) is 0. The topological polar surface area (TPSA) is 35.0 Å². The van der Waals surface area contributed by atoms with E-state index in [9.17, 15) is 0 Å². The van der Waals surface area contributed by atoms with E-state index in [1.807, 2.05) is 5.83 Å². The van der Waals surface area contributed by atoms with E-state index in [-0.39, 0.29) is 59.0 Å². The molecule has 0 aromatic rings. The minimum atomic E-state index is 0. The van der Waals surface area contributed by atoms with Gasteiger partial charge in [0.05, 0.1) is 0 Å². The first-order valence-corrected chi connectivity index (χ1v) is 1.96. The van der Waals surface area contributed by atoms with E-state index >= 15 is 0 Å². The van der Waals surface area contributed by atoms with Crippen molar-refractivity contribution in [2.24, 2.45) is 0 Å². The number of hydrogen-bond donors (Lipinski definition) is 1. The van der Waals surface area contributed by atoms with Crippen LogP contribution >= 0.6 is 15.9 Å². The van der Waals surface area contributed by atoms with Gasteiger partial charge in [0.25, 0.3) is 0 Å². The number of hydrogen-bond acceptors (Lipinski definition) is 1. The van der Waals surface area contributed by atoms with Crippen molar-refractivity contribution in [1.29, 1.82) is 0 Å². The summed E-state index contributed by atoms with van der Waals surface area (Å²) < 4.78 is 0. The van der Waals surface area contributed by atoms with E-state index < -0.39 is 0 Å². The molecule has 0 unspecified atom stereocenters. The van der Waals surface area contributed by atoms with Crippen molar-refractivity contribution in [2.75, 3.05) is 5.83 Å². The van der Waals surface area contributed by atoms with Crippen LogP contribution < -0.4 is 57.5 Å². The van der Waals surface area contributed by atoms with Crippen molar-refractivity contribution >= 4 is 15.9 Å². The van der Waals surface area contributed by atoms with E-state index in [2.05, 4.69) is 15.9 Å². The van der Waals surface area contributed by atoms with E-state index in [1.54, 1.807) is 0 Å². The maximum absolute atomic E-state index is 2.94. The van der Waals surface area contributed by atoms with Gasteiger partial charge in [-0.05, 0) is 5.83 Å². The molecule has 0 bridgehead atoms. The summed E-state index contributed by atoms with van der Waals surface area (Å²) in [6.45, 7) is 0. The maximum Gasteiger partial charge on any atom is 1.00 e. The fourth-order valence-corrected chi connectivity index (χ4v) is 0. The Morgan fingerprint density at radius 2 is 1.50 bits per heavy atom. The molecule has 0 aliphatic heterocycles. The van der Waals surface area contributed by atoms with Crippen molar-refractivity contribution in [1.82, 2.24) is 6.15 Å². The zero-order valence-electron chi connectivity index (χ0n) is 4.09. The second-order valence-electron chi connectivity index (χ2n) is 0. The summed E-state index contributed by atoms with van der Waals surface area (Å²) in [6, 6.07) is 0. The van der Waals surface area contributed by atoms with Gasteiger partial charge >= 0.3 is 51.4 Å². The normalized spacial score (nSPS) is 1.50. The van der Waals surface area contributed by atoms with Crippen molar-refractivity contribution in [3.63, 3.8) is 0 Å². The van der Waals surface area contributed by atoms with Crippen LogP contribution in [0.4, 0.5) is 0 Å². The molecule has 0 aromatic carbocycles. The summed E-state index contributed by atoms with van der Waals surface area (Å²) in [4.78, 5) is 0. The fraction of sp³-hybridized carbons (Fsp3) is 1.00. The van der Waals surface area contributed by atoms with E-state index in [1.165, 1.54) is 0 Å². The number of halogens is 1. The van der Waals surface area contributed by atoms with Crippen LogP contribution in [0.2, 0.25) is 0 Å². The van der Waals surface area contributed by atoms with Gasteiger partial charge in [-0.2, -0.15) is 0 Å². The van der Waals surface area contributed by atoms with Gasteiger partial charge in [0.2, 0.25) is 0 Å². The average Bonchev–Trinajstić information content (AvgIpc) is 1.00. The Bertz CT molecular complexity index is 11.6. The molecule has 0 atom stereocenters. The molecule has 0 rings (SSSR count). The standard InChI is InChI=1S/CH3Br.K.H3N.H/c1-2;;;/h1H3;;1H3;/q;+1;;-1. The molecule has 0 aliphatic carbocycles. The summed E-state index contributed by atoms with van der Waals surface area (Å²) in [5.74, 6) is 1.81. The molecule has 3 heteroatoms. The summed E-state index contributed by atoms with van der Waals surface area (Å²) in [6.07, 6.45) is 0. The molecule has 0 heterocycles. The van der Waals surface area contributed by atoms with Crippen molar-refractivity contribution in [2.45, 2.75) is 0 Å². The predicted octanol–water partition coefficient (Wildman–Crippen LogP) is -1.71. The van der Waals surface area contributed by atoms with Gasteiger partial charge in [0, 0.05) is 0 Å². The van der Waals surface area contributed by atoms with Gasteiger partial charge in [0.15, 0.2) is 0 Å². The smallest absolute Gasteiger partial charge is 1.00 e. The third-order valence-corrected chi connectivity index (χ3v) is 0. The molecule has 0 amide bonds. The van der Waals surface area contributed by atoms with Gasteiger partial charge in [-0.15, -0.1) is 0 Å². The van der Waals surface area contributed by atoms with Crippen molar-refractivity contribution < 1.29 is 52.8 Å². The maximum atomic E-state index is 2.94. The van der Waals surface area contributed by atoms with Crippen LogP contribution in [0.1, 0.15) is 1.43 Å². The van der Waals surface area contributed by atoms with E-state index in [0.29, 0.717) is 0 Å². The molecule has 0 saturated heterocycles. The van der Waals surface area contributed by atoms with Crippen molar-refractivity contribution in [3.8, 4) is 0 Å². The van der Waals surface area contributed by atoms with Gasteiger partial charge in [-0.3, -0.25) is 0 Å². The molecule has 0 spiro atoms. The SMILES string of the molecule is CBr.N.[H-].[K+]. The van der Waals surface area contributed by atoms with Crippen LogP contribution in [-0.2, 0) is 0 Å². The molecular weight excluding hydrogens is 145 g/mol. The Labute approximate surface area is 79.1 Å². The molecule has 0 aromatic heterocycles. The fourth-order valence-electron chi connectivity index (χ4n) is 0. The Balaban J connectivity index is -0.00000000167. The number of rotatable bonds is 0. The Morgan fingerprint density at radius 3 is 1.50 bits per heavy atom. The zero-order chi connectivity index (χ0) is 2.00. The van der Waals surface area contributed by atoms with Gasteiger partial charge in [-0.1, -0.05) is 15.9 Å². The van der Waals surface area contributed by atoms with Crippen LogP contribution in [0.25, 0.3) is 0 Å². The van der Waals surface area contributed by atoms with Crippen LogP contribution in [0.15, 0.2) is 0 Å². The molecule has 24 valence electrons. The molecular formula is CH7BrKN. The van der Waals surface area contributed by atoms with Gasteiger partial charge < -0.3 is 7.58 Å². The molecule has 1 nitrogen and oxygen atoms in total. The summed E-state index contributed by atoms with van der Waals surface area (Å²) in [5, 5.41) is 0. The second kappa shape index (κ2) is 19.6. The minimum Gasteiger partial charge on any atom is -1.00 e. The average molecular weight is 152 g/mol. The predicted molar refractivity (Wildman–Crippen MR) is 21.0 cm³/mol. The Kier molecular flexibility index (Phi) is 80.9. The monoisotopic (exact) mass is 151 g/mol. The van der Waals surface area contributed by atoms with Gasteiger partial charge in [0.1, 0.15) is 0 Å². The Morgan fingerprint density at radius 1 is 1.50 bits per heavy atom. The third kappa shape index (κ3) is 8.95. The van der Waals surface area contributed by atoms with Crippen LogP contribution in [0.3, 0.4) is 0 Å². The molecule has 0 aliphatic rings. The summed E-state index contributed by atoms with van der Waals surface area (Å²) in [5.41, 5.74) is 0. The van der Waals surface area contributed by atoms with Crippen LogP contribution in [-0.4, -0.2) is 5.83 Å². The minimum absolute atomic E-state index is 0. The quantitative estimate of drug-likeness (QED) is 0.325. The first-order valence-electron chi connectivity index (χ1n) is 0.378. The van der Waals surface area contributed by atoms with Gasteiger partial charge in [-0.25, -0.2) is 0 Å². The second-order valence-corrected chi connectivity index (χ2v) is 0. The Hall–Kier alpha value is 2.08. The molecule has 0 fully saturated rings. The molecule has 3 N–H and O–H groups in total. The molecule has 4 heavy (non-hydrogen) atoms. The molecule has 0 radical (unpaired) electrons. The third-order valence-electron chi connectivity index (χ3n) is 0. The molecule has 0 saturated carbocycles. The van der Waals surface area contributed by atoms with E-state index in [4.69, 9.17) is 0 Å². The zero-order valence-corrected chi connectivity index (χ0v) is 7.79. The first-order chi connectivity index (χ1) is 1.00. The first kappa shape index (κ1) is 16.5. The van der Waals surface area contributed by atoms with Crippen LogP contribution in [0, 0.1) is 0 Å².